The molecule has 0 aliphatic rings. The number of hydrogen-bond acceptors (Lipinski definition) is 4. The van der Waals surface area contributed by atoms with Crippen LogP contribution in [0.2, 0.25) is 0 Å². The van der Waals surface area contributed by atoms with Crippen molar-refractivity contribution in [3.8, 4) is 5.75 Å². The molecule has 0 atom stereocenters. The maximum atomic E-state index is 12.5. The van der Waals surface area contributed by atoms with Crippen molar-refractivity contribution in [3.63, 3.8) is 0 Å². The lowest BCUT2D eigenvalue weighted by Crippen LogP contribution is -2.34. The fourth-order valence-corrected chi connectivity index (χ4v) is 3.42. The molecule has 0 heterocycles. The molecule has 3 N–H and O–H groups in total. The summed E-state index contributed by atoms with van der Waals surface area (Å²) >= 11 is 8.64. The van der Waals surface area contributed by atoms with Gasteiger partial charge in [-0.2, -0.15) is 0 Å². The van der Waals surface area contributed by atoms with E-state index in [1.807, 2.05) is 37.3 Å². The second-order valence-electron chi connectivity index (χ2n) is 6.39. The van der Waals surface area contributed by atoms with Gasteiger partial charge in [-0.3, -0.25) is 14.9 Å². The first-order valence-corrected chi connectivity index (χ1v) is 10.7. The lowest BCUT2D eigenvalue weighted by molar-refractivity contribution is 0.0976. The van der Waals surface area contributed by atoms with Gasteiger partial charge in [0.05, 0.1) is 11.1 Å². The number of carbonyl (C=O) groups excluding carboxylic acids is 2. The largest absolute Gasteiger partial charge is 0.493 e. The Balaban J connectivity index is 1.61. The van der Waals surface area contributed by atoms with Gasteiger partial charge in [0, 0.05) is 22.5 Å². The van der Waals surface area contributed by atoms with Crippen LogP contribution in [-0.2, 0) is 0 Å². The standard InChI is InChI=1S/C23H20BrN3O3S/c1-2-30-20-12-11-16(14-19(20)24)22(29)27-23(31)26-18-10-6-7-15(13-18)21(28)25-17-8-4-3-5-9-17/h3-14H,2H2,1H3,(H,25,28)(H2,26,27,29,31). The summed E-state index contributed by atoms with van der Waals surface area (Å²) in [6.07, 6.45) is 0. The van der Waals surface area contributed by atoms with Crippen molar-refractivity contribution in [2.24, 2.45) is 0 Å². The second-order valence-corrected chi connectivity index (χ2v) is 7.65. The van der Waals surface area contributed by atoms with E-state index < -0.39 is 0 Å². The minimum absolute atomic E-state index is 0.121. The van der Waals surface area contributed by atoms with Gasteiger partial charge >= 0.3 is 0 Å². The Bertz CT molecular complexity index is 1110. The number of nitrogens with one attached hydrogen (secondary N) is 3. The van der Waals surface area contributed by atoms with Crippen LogP contribution in [0.4, 0.5) is 11.4 Å². The lowest BCUT2D eigenvalue weighted by Gasteiger charge is -2.12. The van der Waals surface area contributed by atoms with E-state index in [2.05, 4.69) is 31.9 Å². The van der Waals surface area contributed by atoms with Crippen molar-refractivity contribution in [1.29, 1.82) is 0 Å². The van der Waals surface area contributed by atoms with Crippen LogP contribution in [0.5, 0.6) is 5.75 Å². The summed E-state index contributed by atoms with van der Waals surface area (Å²) in [5.74, 6) is 0.0496. The van der Waals surface area contributed by atoms with Gasteiger partial charge in [0.25, 0.3) is 11.8 Å². The van der Waals surface area contributed by atoms with Crippen LogP contribution in [0.3, 0.4) is 0 Å². The fourth-order valence-electron chi connectivity index (χ4n) is 2.72. The van der Waals surface area contributed by atoms with E-state index in [1.165, 1.54) is 0 Å². The predicted molar refractivity (Wildman–Crippen MR) is 130 cm³/mol. The highest BCUT2D eigenvalue weighted by Gasteiger charge is 2.12. The minimum Gasteiger partial charge on any atom is -0.493 e. The normalized spacial score (nSPS) is 10.1. The molecule has 0 aromatic heterocycles. The Labute approximate surface area is 194 Å². The quantitative estimate of drug-likeness (QED) is 0.406. The predicted octanol–water partition coefficient (Wildman–Crippen LogP) is 5.23. The monoisotopic (exact) mass is 497 g/mol. The summed E-state index contributed by atoms with van der Waals surface area (Å²) in [4.78, 5) is 24.9. The number of carbonyl (C=O) groups is 2. The number of rotatable bonds is 6. The van der Waals surface area contributed by atoms with Gasteiger partial charge < -0.3 is 15.4 Å². The number of thiocarbonyl (C=S) groups is 1. The third-order valence-corrected chi connectivity index (χ3v) is 4.96. The Kier molecular flexibility index (Phi) is 7.75. The maximum absolute atomic E-state index is 12.5. The van der Waals surface area contributed by atoms with E-state index in [9.17, 15) is 9.59 Å². The number of benzene rings is 3. The second kappa shape index (κ2) is 10.7. The van der Waals surface area contributed by atoms with Crippen LogP contribution in [0.25, 0.3) is 0 Å². The van der Waals surface area contributed by atoms with Crippen molar-refractivity contribution >= 4 is 56.4 Å². The number of amides is 2. The summed E-state index contributed by atoms with van der Waals surface area (Å²) in [6.45, 7) is 2.41. The van der Waals surface area contributed by atoms with Crippen molar-refractivity contribution in [1.82, 2.24) is 5.32 Å². The number of halogens is 1. The molecule has 31 heavy (non-hydrogen) atoms. The molecule has 3 rings (SSSR count). The van der Waals surface area contributed by atoms with Crippen LogP contribution in [0.15, 0.2) is 77.3 Å². The SMILES string of the molecule is CCOc1ccc(C(=O)NC(=S)Nc2cccc(C(=O)Nc3ccccc3)c2)cc1Br. The molecule has 8 heteroatoms. The zero-order valence-electron chi connectivity index (χ0n) is 16.6. The summed E-state index contributed by atoms with van der Waals surface area (Å²) in [5, 5.41) is 8.51. The molecule has 0 spiro atoms. The third-order valence-electron chi connectivity index (χ3n) is 4.14. The van der Waals surface area contributed by atoms with Gasteiger partial charge in [-0.25, -0.2) is 0 Å². The van der Waals surface area contributed by atoms with Crippen LogP contribution in [-0.4, -0.2) is 23.5 Å². The first-order valence-electron chi connectivity index (χ1n) is 9.47. The molecule has 0 fully saturated rings. The highest BCUT2D eigenvalue weighted by atomic mass is 79.9. The summed E-state index contributed by atoms with van der Waals surface area (Å²) in [5.41, 5.74) is 2.17. The minimum atomic E-state index is -0.362. The van der Waals surface area contributed by atoms with Crippen LogP contribution >= 0.6 is 28.1 Å². The Morgan fingerprint density at radius 1 is 0.871 bits per heavy atom. The summed E-state index contributed by atoms with van der Waals surface area (Å²) in [7, 11) is 0. The summed E-state index contributed by atoms with van der Waals surface area (Å²) in [6, 6.07) is 21.1. The molecule has 0 saturated heterocycles. The van der Waals surface area contributed by atoms with Gasteiger partial charge in [0.2, 0.25) is 0 Å². The van der Waals surface area contributed by atoms with Crippen molar-refractivity contribution in [2.45, 2.75) is 6.92 Å². The molecule has 3 aromatic carbocycles. The Hall–Kier alpha value is -3.23. The van der Waals surface area contributed by atoms with Gasteiger partial charge in [-0.15, -0.1) is 0 Å². The van der Waals surface area contributed by atoms with Gasteiger partial charge in [0.1, 0.15) is 5.75 Å². The zero-order valence-corrected chi connectivity index (χ0v) is 19.0. The molecule has 2 amide bonds. The summed E-state index contributed by atoms with van der Waals surface area (Å²) < 4.78 is 6.13. The molecular weight excluding hydrogens is 478 g/mol. The van der Waals surface area contributed by atoms with Gasteiger partial charge in [-0.1, -0.05) is 24.3 Å². The average Bonchev–Trinajstić information content (AvgIpc) is 2.76. The van der Waals surface area contributed by atoms with Crippen LogP contribution in [0.1, 0.15) is 27.6 Å². The van der Waals surface area contributed by atoms with E-state index in [4.69, 9.17) is 17.0 Å². The van der Waals surface area contributed by atoms with Crippen molar-refractivity contribution < 1.29 is 14.3 Å². The van der Waals surface area contributed by atoms with Crippen molar-refractivity contribution in [3.05, 3.63) is 88.4 Å². The molecule has 0 saturated carbocycles. The first-order chi connectivity index (χ1) is 15.0. The van der Waals surface area contributed by atoms with E-state index in [0.29, 0.717) is 39.3 Å². The Morgan fingerprint density at radius 3 is 2.29 bits per heavy atom. The molecule has 6 nitrogen and oxygen atoms in total. The van der Waals surface area contributed by atoms with E-state index in [-0.39, 0.29) is 16.9 Å². The number of para-hydroxylation sites is 1. The Morgan fingerprint density at radius 2 is 1.58 bits per heavy atom. The average molecular weight is 498 g/mol. The fraction of sp³-hybridized carbons (Fsp3) is 0.0870. The van der Waals surface area contributed by atoms with E-state index >= 15 is 0 Å². The van der Waals surface area contributed by atoms with Gasteiger partial charge in [0.15, 0.2) is 5.11 Å². The molecule has 0 bridgehead atoms. The highest BCUT2D eigenvalue weighted by Crippen LogP contribution is 2.26. The number of hydrogen-bond donors (Lipinski definition) is 3. The molecular formula is C23H20BrN3O3S. The maximum Gasteiger partial charge on any atom is 0.257 e. The molecule has 158 valence electrons. The lowest BCUT2D eigenvalue weighted by atomic mass is 10.2. The van der Waals surface area contributed by atoms with Crippen molar-refractivity contribution in [2.75, 3.05) is 17.2 Å². The molecule has 0 aliphatic heterocycles. The number of ether oxygens (including phenoxy) is 1. The molecule has 3 aromatic rings. The topological polar surface area (TPSA) is 79.5 Å². The van der Waals surface area contributed by atoms with E-state index in [1.54, 1.807) is 42.5 Å². The van der Waals surface area contributed by atoms with Crippen LogP contribution < -0.4 is 20.7 Å². The van der Waals surface area contributed by atoms with E-state index in [0.717, 1.165) is 0 Å². The van der Waals surface area contributed by atoms with Crippen LogP contribution in [0, 0.1) is 0 Å². The molecule has 0 aliphatic carbocycles. The molecule has 0 unspecified atom stereocenters. The zero-order chi connectivity index (χ0) is 22.2. The smallest absolute Gasteiger partial charge is 0.257 e. The first kappa shape index (κ1) is 22.5. The third kappa shape index (κ3) is 6.37. The highest BCUT2D eigenvalue weighted by molar-refractivity contribution is 9.10. The number of anilines is 2. The molecule has 0 radical (unpaired) electrons. The van der Waals surface area contributed by atoms with Gasteiger partial charge in [-0.05, 0) is 83.6 Å².